The molecule has 0 aromatic heterocycles. The normalized spacial score (nSPS) is 15.2. The van der Waals surface area contributed by atoms with Crippen LogP contribution in [0.5, 0.6) is 5.75 Å². The van der Waals surface area contributed by atoms with E-state index in [0.29, 0.717) is 18.9 Å². The van der Waals surface area contributed by atoms with Gasteiger partial charge >= 0.3 is 0 Å². The second kappa shape index (κ2) is 9.78. The second-order valence-electron chi connectivity index (χ2n) is 6.18. The first-order valence-corrected chi connectivity index (χ1v) is 8.23. The molecule has 0 radical (unpaired) electrons. The fourth-order valence-corrected chi connectivity index (χ4v) is 2.96. The van der Waals surface area contributed by atoms with Crippen LogP contribution < -0.4 is 10.1 Å². The molecule has 0 unspecified atom stereocenters. The number of nitrogens with one attached hydrogen (secondary N) is 1. The van der Waals surface area contributed by atoms with E-state index in [0.717, 1.165) is 43.8 Å². The van der Waals surface area contributed by atoms with Crippen molar-refractivity contribution in [1.82, 2.24) is 10.2 Å². The molecule has 1 N–H and O–H groups in total. The molecule has 1 heterocycles. The molecule has 0 bridgehead atoms. The number of halogens is 1. The quantitative estimate of drug-likeness (QED) is 0.865. The van der Waals surface area contributed by atoms with Crippen molar-refractivity contribution in [1.29, 1.82) is 0 Å². The Morgan fingerprint density at radius 1 is 1.30 bits per heavy atom. The van der Waals surface area contributed by atoms with Crippen LogP contribution in [0.15, 0.2) is 18.2 Å². The number of ether oxygens (including phenoxy) is 1. The van der Waals surface area contributed by atoms with E-state index >= 15 is 0 Å². The first-order chi connectivity index (χ1) is 10.6. The largest absolute Gasteiger partial charge is 0.493 e. The Morgan fingerprint density at radius 2 is 2.00 bits per heavy atom. The van der Waals surface area contributed by atoms with Gasteiger partial charge in [0.2, 0.25) is 5.91 Å². The summed E-state index contributed by atoms with van der Waals surface area (Å²) in [6, 6.07) is 6.03. The lowest BCUT2D eigenvalue weighted by molar-refractivity contribution is -0.133. The number of hydrogen-bond donors (Lipinski definition) is 1. The van der Waals surface area contributed by atoms with E-state index in [-0.39, 0.29) is 18.3 Å². The zero-order valence-electron chi connectivity index (χ0n) is 14.4. The zero-order chi connectivity index (χ0) is 15.9. The maximum atomic E-state index is 12.2. The molecule has 5 heteroatoms. The SMILES string of the molecule is CNCC1CCN(C(=O)CCOc2cccc(C)c2C)CC1.Cl. The highest BCUT2D eigenvalue weighted by atomic mass is 35.5. The molecule has 0 aliphatic carbocycles. The molecule has 23 heavy (non-hydrogen) atoms. The molecule has 0 atom stereocenters. The molecule has 0 spiro atoms. The van der Waals surface area contributed by atoms with Crippen molar-refractivity contribution < 1.29 is 9.53 Å². The average molecular weight is 341 g/mol. The second-order valence-corrected chi connectivity index (χ2v) is 6.18. The van der Waals surface area contributed by atoms with Crippen molar-refractivity contribution in [2.24, 2.45) is 5.92 Å². The van der Waals surface area contributed by atoms with Gasteiger partial charge in [-0.15, -0.1) is 12.4 Å². The standard InChI is InChI=1S/C18H28N2O2.ClH/c1-14-5-4-6-17(15(14)2)22-12-9-18(21)20-10-7-16(8-11-20)13-19-3;/h4-6,16,19H,7-13H2,1-3H3;1H. The smallest absolute Gasteiger partial charge is 0.225 e. The predicted octanol–water partition coefficient (Wildman–Crippen LogP) is 2.95. The summed E-state index contributed by atoms with van der Waals surface area (Å²) in [5.74, 6) is 1.81. The van der Waals surface area contributed by atoms with Gasteiger partial charge in [-0.25, -0.2) is 0 Å². The third kappa shape index (κ3) is 5.70. The van der Waals surface area contributed by atoms with Crippen molar-refractivity contribution in [3.05, 3.63) is 29.3 Å². The summed E-state index contributed by atoms with van der Waals surface area (Å²) in [5, 5.41) is 3.22. The molecule has 2 rings (SSSR count). The summed E-state index contributed by atoms with van der Waals surface area (Å²) in [6.45, 7) is 7.41. The summed E-state index contributed by atoms with van der Waals surface area (Å²) in [7, 11) is 1.99. The van der Waals surface area contributed by atoms with Crippen LogP contribution in [-0.4, -0.2) is 44.1 Å². The third-order valence-electron chi connectivity index (χ3n) is 4.59. The predicted molar refractivity (Wildman–Crippen MR) is 96.5 cm³/mol. The fourth-order valence-electron chi connectivity index (χ4n) is 2.96. The highest BCUT2D eigenvalue weighted by Crippen LogP contribution is 2.21. The van der Waals surface area contributed by atoms with E-state index in [2.05, 4.69) is 25.2 Å². The van der Waals surface area contributed by atoms with Gasteiger partial charge < -0.3 is 15.0 Å². The lowest BCUT2D eigenvalue weighted by atomic mass is 9.97. The number of carbonyl (C=O) groups is 1. The van der Waals surface area contributed by atoms with Crippen molar-refractivity contribution >= 4 is 18.3 Å². The Morgan fingerprint density at radius 3 is 2.65 bits per heavy atom. The summed E-state index contributed by atoms with van der Waals surface area (Å²) >= 11 is 0. The van der Waals surface area contributed by atoms with Gasteiger partial charge in [-0.2, -0.15) is 0 Å². The molecule has 1 saturated heterocycles. The topological polar surface area (TPSA) is 41.6 Å². The molecule has 4 nitrogen and oxygen atoms in total. The minimum Gasteiger partial charge on any atom is -0.493 e. The highest BCUT2D eigenvalue weighted by molar-refractivity contribution is 5.85. The fraction of sp³-hybridized carbons (Fsp3) is 0.611. The summed E-state index contributed by atoms with van der Waals surface area (Å²) in [4.78, 5) is 14.2. The van der Waals surface area contributed by atoms with Crippen molar-refractivity contribution in [3.63, 3.8) is 0 Å². The Kier molecular flexibility index (Phi) is 8.42. The van der Waals surface area contributed by atoms with Crippen molar-refractivity contribution in [2.45, 2.75) is 33.1 Å². The molecular formula is C18H29ClN2O2. The van der Waals surface area contributed by atoms with Crippen LogP contribution in [0.2, 0.25) is 0 Å². The summed E-state index contributed by atoms with van der Waals surface area (Å²) in [5.41, 5.74) is 2.37. The van der Waals surface area contributed by atoms with Gasteiger partial charge in [0.25, 0.3) is 0 Å². The first kappa shape index (κ1) is 19.8. The van der Waals surface area contributed by atoms with Gasteiger partial charge in [0.15, 0.2) is 0 Å². The molecule has 1 amide bonds. The van der Waals surface area contributed by atoms with Crippen LogP contribution in [0.3, 0.4) is 0 Å². The lowest BCUT2D eigenvalue weighted by Crippen LogP contribution is -2.40. The van der Waals surface area contributed by atoms with Gasteiger partial charge in [0.1, 0.15) is 5.75 Å². The molecule has 1 aromatic rings. The maximum Gasteiger partial charge on any atom is 0.225 e. The van der Waals surface area contributed by atoms with E-state index in [4.69, 9.17) is 4.74 Å². The van der Waals surface area contributed by atoms with Crippen LogP contribution in [-0.2, 0) is 4.79 Å². The molecule has 1 aromatic carbocycles. The zero-order valence-corrected chi connectivity index (χ0v) is 15.2. The molecular weight excluding hydrogens is 312 g/mol. The number of likely N-dealkylation sites (tertiary alicyclic amines) is 1. The molecule has 1 aliphatic heterocycles. The molecule has 0 saturated carbocycles. The molecule has 1 fully saturated rings. The third-order valence-corrected chi connectivity index (χ3v) is 4.59. The van der Waals surface area contributed by atoms with E-state index < -0.39 is 0 Å². The van der Waals surface area contributed by atoms with Crippen LogP contribution in [0, 0.1) is 19.8 Å². The van der Waals surface area contributed by atoms with E-state index in [1.807, 2.05) is 24.1 Å². The summed E-state index contributed by atoms with van der Waals surface area (Å²) in [6.07, 6.45) is 2.67. The number of rotatable bonds is 6. The highest BCUT2D eigenvalue weighted by Gasteiger charge is 2.22. The van der Waals surface area contributed by atoms with Crippen LogP contribution in [0.25, 0.3) is 0 Å². The van der Waals surface area contributed by atoms with Crippen molar-refractivity contribution in [3.8, 4) is 5.75 Å². The Balaban J connectivity index is 0.00000264. The number of nitrogens with zero attached hydrogens (tertiary/aromatic N) is 1. The van der Waals surface area contributed by atoms with E-state index in [1.165, 1.54) is 5.56 Å². The maximum absolute atomic E-state index is 12.2. The number of aryl methyl sites for hydroxylation is 1. The van der Waals surface area contributed by atoms with Gasteiger partial charge in [0.05, 0.1) is 13.0 Å². The molecule has 130 valence electrons. The van der Waals surface area contributed by atoms with Crippen LogP contribution >= 0.6 is 12.4 Å². The number of piperidine rings is 1. The van der Waals surface area contributed by atoms with Crippen LogP contribution in [0.1, 0.15) is 30.4 Å². The van der Waals surface area contributed by atoms with E-state index in [1.54, 1.807) is 0 Å². The molecule has 1 aliphatic rings. The first-order valence-electron chi connectivity index (χ1n) is 8.23. The summed E-state index contributed by atoms with van der Waals surface area (Å²) < 4.78 is 5.78. The average Bonchev–Trinajstić information content (AvgIpc) is 2.52. The Labute approximate surface area is 146 Å². The van der Waals surface area contributed by atoms with Crippen LogP contribution in [0.4, 0.5) is 0 Å². The van der Waals surface area contributed by atoms with Gasteiger partial charge in [-0.05, 0) is 63.4 Å². The number of benzene rings is 1. The number of hydrogen-bond acceptors (Lipinski definition) is 3. The minimum absolute atomic E-state index is 0. The van der Waals surface area contributed by atoms with Gasteiger partial charge in [0, 0.05) is 13.1 Å². The number of carbonyl (C=O) groups excluding carboxylic acids is 1. The van der Waals surface area contributed by atoms with Gasteiger partial charge in [-0.3, -0.25) is 4.79 Å². The Hall–Kier alpha value is -1.26. The van der Waals surface area contributed by atoms with Gasteiger partial charge in [-0.1, -0.05) is 12.1 Å². The minimum atomic E-state index is 0. The van der Waals surface area contributed by atoms with E-state index in [9.17, 15) is 4.79 Å². The lowest BCUT2D eigenvalue weighted by Gasteiger charge is -2.32. The Bertz CT molecular complexity index is 500. The van der Waals surface area contributed by atoms with Crippen molar-refractivity contribution in [2.75, 3.05) is 33.3 Å². The number of amides is 1. The monoisotopic (exact) mass is 340 g/mol.